The molecule has 160 valence electrons. The molecule has 0 unspecified atom stereocenters. The molecule has 0 N–H and O–H groups in total. The molecule has 1 aliphatic carbocycles. The van der Waals surface area contributed by atoms with Crippen LogP contribution in [0.4, 0.5) is 11.5 Å². The van der Waals surface area contributed by atoms with Crippen LogP contribution in [0.25, 0.3) is 22.9 Å². The highest BCUT2D eigenvalue weighted by atomic mass is 16.4. The maximum absolute atomic E-state index is 5.90. The topological polar surface area (TPSA) is 98.1 Å². The van der Waals surface area contributed by atoms with Crippen molar-refractivity contribution in [2.24, 2.45) is 12.0 Å². The van der Waals surface area contributed by atoms with Gasteiger partial charge in [-0.05, 0) is 37.3 Å². The molecule has 9 heteroatoms. The standard InChI is InChI=1S/C23H22N8O/c1-30-18-17(27-20(30)22-29-28-21(32-22)14-6-7-14)19(26-13-25-18)31-10-8-23(9-11-31)12-24-16-5-3-2-4-15(16)23/h2-5,12-14H,6-11H2,1H3. The van der Waals surface area contributed by atoms with Gasteiger partial charge in [-0.15, -0.1) is 10.2 Å². The minimum atomic E-state index is 0.0253. The monoisotopic (exact) mass is 426 g/mol. The zero-order valence-electron chi connectivity index (χ0n) is 17.8. The molecule has 2 aliphatic heterocycles. The Bertz CT molecular complexity index is 1370. The largest absolute Gasteiger partial charge is 0.418 e. The Hall–Kier alpha value is -3.62. The van der Waals surface area contributed by atoms with Crippen molar-refractivity contribution < 1.29 is 4.42 Å². The van der Waals surface area contributed by atoms with Gasteiger partial charge in [-0.25, -0.2) is 15.0 Å². The number of aryl methyl sites for hydroxylation is 1. The highest BCUT2D eigenvalue weighted by Gasteiger charge is 2.40. The molecule has 3 aliphatic rings. The van der Waals surface area contributed by atoms with Crippen molar-refractivity contribution in [3.05, 3.63) is 42.0 Å². The zero-order valence-corrected chi connectivity index (χ0v) is 17.8. The Kier molecular flexibility index (Phi) is 3.62. The Balaban J connectivity index is 1.21. The summed E-state index contributed by atoms with van der Waals surface area (Å²) in [5, 5.41) is 8.45. The minimum absolute atomic E-state index is 0.0253. The van der Waals surface area contributed by atoms with E-state index in [1.54, 1.807) is 6.33 Å². The van der Waals surface area contributed by atoms with Crippen LogP contribution >= 0.6 is 0 Å². The van der Waals surface area contributed by atoms with Gasteiger partial charge in [0.25, 0.3) is 5.89 Å². The number of fused-ring (bicyclic) bond motifs is 3. The van der Waals surface area contributed by atoms with Crippen molar-refractivity contribution in [2.75, 3.05) is 18.0 Å². The lowest BCUT2D eigenvalue weighted by Crippen LogP contribution is -2.43. The van der Waals surface area contributed by atoms with E-state index in [9.17, 15) is 0 Å². The number of aromatic nitrogens is 6. The summed E-state index contributed by atoms with van der Waals surface area (Å²) in [6.45, 7) is 1.76. The SMILES string of the molecule is Cn1c(-c2nnc(C3CC3)o2)nc2c(N3CCC4(C=Nc5ccccc54)CC3)ncnc21. The fourth-order valence-electron chi connectivity index (χ4n) is 5.02. The zero-order chi connectivity index (χ0) is 21.3. The Morgan fingerprint density at radius 3 is 2.75 bits per heavy atom. The number of anilines is 1. The van der Waals surface area contributed by atoms with E-state index in [0.717, 1.165) is 61.4 Å². The number of para-hydroxylation sites is 1. The molecule has 5 heterocycles. The van der Waals surface area contributed by atoms with Crippen molar-refractivity contribution in [3.63, 3.8) is 0 Å². The van der Waals surface area contributed by atoms with Gasteiger partial charge < -0.3 is 13.9 Å². The molecule has 1 aromatic carbocycles. The third kappa shape index (κ3) is 2.57. The van der Waals surface area contributed by atoms with E-state index in [0.29, 0.717) is 23.5 Å². The number of rotatable bonds is 3. The number of imidazole rings is 1. The number of hydrogen-bond donors (Lipinski definition) is 0. The van der Waals surface area contributed by atoms with Crippen LogP contribution in [0.5, 0.6) is 0 Å². The van der Waals surface area contributed by atoms with Gasteiger partial charge >= 0.3 is 0 Å². The summed E-state index contributed by atoms with van der Waals surface area (Å²) in [4.78, 5) is 21.0. The third-order valence-electron chi connectivity index (χ3n) is 7.04. The van der Waals surface area contributed by atoms with Crippen LogP contribution in [0.1, 0.15) is 43.1 Å². The molecule has 0 bridgehead atoms. The number of nitrogens with zero attached hydrogens (tertiary/aromatic N) is 8. The van der Waals surface area contributed by atoms with Gasteiger partial charge in [0.05, 0.1) is 5.69 Å². The summed E-state index contributed by atoms with van der Waals surface area (Å²) >= 11 is 0. The van der Waals surface area contributed by atoms with Crippen molar-refractivity contribution >= 4 is 28.9 Å². The predicted octanol–water partition coefficient (Wildman–Crippen LogP) is 3.54. The summed E-state index contributed by atoms with van der Waals surface area (Å²) in [7, 11) is 1.93. The van der Waals surface area contributed by atoms with E-state index < -0.39 is 0 Å². The molecule has 7 rings (SSSR count). The molecule has 4 aromatic rings. The lowest BCUT2D eigenvalue weighted by atomic mass is 9.74. The summed E-state index contributed by atoms with van der Waals surface area (Å²) < 4.78 is 7.82. The first-order valence-electron chi connectivity index (χ1n) is 11.1. The fraction of sp³-hybridized carbons (Fsp3) is 0.391. The summed E-state index contributed by atoms with van der Waals surface area (Å²) in [5.41, 5.74) is 4.01. The first-order valence-corrected chi connectivity index (χ1v) is 11.1. The molecule has 1 saturated heterocycles. The van der Waals surface area contributed by atoms with Crippen molar-refractivity contribution in [1.82, 2.24) is 29.7 Å². The molecule has 2 fully saturated rings. The van der Waals surface area contributed by atoms with Crippen molar-refractivity contribution in [2.45, 2.75) is 37.0 Å². The summed E-state index contributed by atoms with van der Waals surface area (Å²) in [6, 6.07) is 8.48. The van der Waals surface area contributed by atoms with Gasteiger partial charge in [0, 0.05) is 37.7 Å². The molecule has 0 amide bonds. The lowest BCUT2D eigenvalue weighted by Gasteiger charge is -2.38. The predicted molar refractivity (Wildman–Crippen MR) is 119 cm³/mol. The van der Waals surface area contributed by atoms with E-state index in [1.165, 1.54) is 5.56 Å². The molecule has 1 saturated carbocycles. The number of aliphatic imine (C=N–C) groups is 1. The average molecular weight is 426 g/mol. The van der Waals surface area contributed by atoms with Crippen molar-refractivity contribution in [3.8, 4) is 11.7 Å². The van der Waals surface area contributed by atoms with Crippen LogP contribution in [-0.4, -0.2) is 49.0 Å². The van der Waals surface area contributed by atoms with Gasteiger partial charge in [0.1, 0.15) is 6.33 Å². The third-order valence-corrected chi connectivity index (χ3v) is 7.04. The van der Waals surface area contributed by atoms with E-state index in [4.69, 9.17) is 9.40 Å². The number of hydrogen-bond acceptors (Lipinski definition) is 8. The normalized spacial score (nSPS) is 19.2. The molecule has 0 atom stereocenters. The number of piperidine rings is 1. The first-order chi connectivity index (χ1) is 15.7. The van der Waals surface area contributed by atoms with E-state index >= 15 is 0 Å². The summed E-state index contributed by atoms with van der Waals surface area (Å²) in [5.74, 6) is 3.04. The Morgan fingerprint density at radius 2 is 1.91 bits per heavy atom. The van der Waals surface area contributed by atoms with Gasteiger partial charge in [0.2, 0.25) is 11.7 Å². The number of benzene rings is 1. The van der Waals surface area contributed by atoms with E-state index in [-0.39, 0.29) is 5.41 Å². The summed E-state index contributed by atoms with van der Waals surface area (Å²) in [6.07, 6.45) is 7.98. The van der Waals surface area contributed by atoms with Crippen LogP contribution in [0.15, 0.2) is 40.0 Å². The molecule has 1 spiro atoms. The van der Waals surface area contributed by atoms with E-state index in [1.807, 2.05) is 11.6 Å². The average Bonchev–Trinajstić information content (AvgIpc) is 3.32. The van der Waals surface area contributed by atoms with Gasteiger partial charge in [0.15, 0.2) is 17.0 Å². The highest BCUT2D eigenvalue weighted by Crippen LogP contribution is 2.44. The second kappa shape index (κ2) is 6.44. The Morgan fingerprint density at radius 1 is 1.06 bits per heavy atom. The molecule has 0 radical (unpaired) electrons. The second-order valence-electron chi connectivity index (χ2n) is 9.00. The minimum Gasteiger partial charge on any atom is -0.418 e. The fourth-order valence-corrected chi connectivity index (χ4v) is 5.02. The van der Waals surface area contributed by atoms with Gasteiger partial charge in [-0.3, -0.25) is 4.99 Å². The van der Waals surface area contributed by atoms with Crippen molar-refractivity contribution in [1.29, 1.82) is 0 Å². The highest BCUT2D eigenvalue weighted by molar-refractivity contribution is 5.88. The van der Waals surface area contributed by atoms with Crippen LogP contribution < -0.4 is 4.90 Å². The molecule has 32 heavy (non-hydrogen) atoms. The van der Waals surface area contributed by atoms with E-state index in [2.05, 4.69) is 60.5 Å². The maximum Gasteiger partial charge on any atom is 0.284 e. The van der Waals surface area contributed by atoms with Gasteiger partial charge in [-0.1, -0.05) is 18.2 Å². The first kappa shape index (κ1) is 18.0. The van der Waals surface area contributed by atoms with Crippen LogP contribution in [0, 0.1) is 0 Å². The molecular weight excluding hydrogens is 404 g/mol. The second-order valence-corrected chi connectivity index (χ2v) is 9.00. The van der Waals surface area contributed by atoms with Gasteiger partial charge in [-0.2, -0.15) is 0 Å². The molecule has 9 nitrogen and oxygen atoms in total. The maximum atomic E-state index is 5.90. The van der Waals surface area contributed by atoms with Crippen LogP contribution in [0.3, 0.4) is 0 Å². The lowest BCUT2D eigenvalue weighted by molar-refractivity contribution is 0.444. The quantitative estimate of drug-likeness (QED) is 0.494. The smallest absolute Gasteiger partial charge is 0.284 e. The molecule has 3 aromatic heterocycles. The van der Waals surface area contributed by atoms with Crippen LogP contribution in [0.2, 0.25) is 0 Å². The Labute approximate surface area is 184 Å². The van der Waals surface area contributed by atoms with Crippen LogP contribution in [-0.2, 0) is 12.5 Å². The molecular formula is C23H22N8O.